The fraction of sp³-hybridized carbons (Fsp3) is 0.385. The van der Waals surface area contributed by atoms with Crippen molar-refractivity contribution < 1.29 is 23.5 Å². The molecule has 1 N–H and O–H groups in total. The number of benzene rings is 1. The largest absolute Gasteiger partial charge is 0.480 e. The fourth-order valence-corrected chi connectivity index (χ4v) is 2.38. The van der Waals surface area contributed by atoms with Gasteiger partial charge in [-0.2, -0.15) is 0 Å². The molecular weight excluding hydrogens is 288 g/mol. The maximum absolute atomic E-state index is 13.0. The van der Waals surface area contributed by atoms with E-state index in [1.54, 1.807) is 6.92 Å². The molecule has 0 bridgehead atoms. The van der Waals surface area contributed by atoms with Gasteiger partial charge in [0.1, 0.15) is 6.54 Å². The first-order valence-corrected chi connectivity index (χ1v) is 7.00. The standard InChI is InChI=1S/C13H15F2NO3S/c1-2-16(8-13(18)19)12(17)5-6-20-9-3-4-10(14)11(15)7-9/h3-4,7H,2,5-6,8H2,1H3,(H,18,19). The van der Waals surface area contributed by atoms with E-state index in [4.69, 9.17) is 5.11 Å². The van der Waals surface area contributed by atoms with Gasteiger partial charge in [0.15, 0.2) is 11.6 Å². The van der Waals surface area contributed by atoms with Crippen LogP contribution in [-0.4, -0.2) is 40.7 Å². The van der Waals surface area contributed by atoms with E-state index in [0.717, 1.165) is 12.1 Å². The SMILES string of the molecule is CCN(CC(=O)O)C(=O)CCSc1ccc(F)c(F)c1. The lowest BCUT2D eigenvalue weighted by molar-refractivity contribution is -0.144. The number of likely N-dealkylation sites (N-methyl/N-ethyl adjacent to an activating group) is 1. The van der Waals surface area contributed by atoms with Crippen molar-refractivity contribution in [1.82, 2.24) is 4.90 Å². The highest BCUT2D eigenvalue weighted by Crippen LogP contribution is 2.21. The summed E-state index contributed by atoms with van der Waals surface area (Å²) in [6.07, 6.45) is 0.144. The minimum Gasteiger partial charge on any atom is -0.480 e. The minimum absolute atomic E-state index is 0.144. The predicted molar refractivity (Wildman–Crippen MR) is 71.6 cm³/mol. The fourth-order valence-electron chi connectivity index (χ4n) is 1.52. The Labute approximate surface area is 119 Å². The van der Waals surface area contributed by atoms with E-state index < -0.39 is 17.6 Å². The molecule has 1 aromatic rings. The number of hydrogen-bond donors (Lipinski definition) is 1. The summed E-state index contributed by atoms with van der Waals surface area (Å²) in [5, 5.41) is 8.65. The maximum Gasteiger partial charge on any atom is 0.323 e. The van der Waals surface area contributed by atoms with E-state index >= 15 is 0 Å². The third-order valence-corrected chi connectivity index (χ3v) is 3.53. The Bertz CT molecular complexity index is 497. The van der Waals surface area contributed by atoms with Crippen LogP contribution in [0.5, 0.6) is 0 Å². The van der Waals surface area contributed by atoms with Gasteiger partial charge in [-0.25, -0.2) is 8.78 Å². The second kappa shape index (κ2) is 7.84. The van der Waals surface area contributed by atoms with Crippen LogP contribution in [0.1, 0.15) is 13.3 Å². The molecule has 0 radical (unpaired) electrons. The molecule has 0 unspecified atom stereocenters. The minimum atomic E-state index is -1.06. The summed E-state index contributed by atoms with van der Waals surface area (Å²) in [4.78, 5) is 24.1. The molecule has 0 spiro atoms. The van der Waals surface area contributed by atoms with Crippen LogP contribution < -0.4 is 0 Å². The third-order valence-electron chi connectivity index (χ3n) is 2.54. The Balaban J connectivity index is 2.44. The second-order valence-electron chi connectivity index (χ2n) is 3.98. The molecular formula is C13H15F2NO3S. The van der Waals surface area contributed by atoms with Crippen LogP contribution in [0.15, 0.2) is 23.1 Å². The van der Waals surface area contributed by atoms with Gasteiger partial charge >= 0.3 is 5.97 Å². The van der Waals surface area contributed by atoms with Crippen molar-refractivity contribution in [3.05, 3.63) is 29.8 Å². The van der Waals surface area contributed by atoms with E-state index in [9.17, 15) is 18.4 Å². The first kappa shape index (κ1) is 16.4. The normalized spacial score (nSPS) is 10.3. The summed E-state index contributed by atoms with van der Waals surface area (Å²) in [5.74, 6) is -2.80. The molecule has 7 heteroatoms. The van der Waals surface area contributed by atoms with Crippen molar-refractivity contribution in [2.75, 3.05) is 18.8 Å². The number of aliphatic carboxylic acids is 1. The van der Waals surface area contributed by atoms with E-state index in [0.29, 0.717) is 17.2 Å². The number of carboxylic acids is 1. The zero-order valence-corrected chi connectivity index (χ0v) is 11.8. The Morgan fingerprint density at radius 1 is 1.30 bits per heavy atom. The van der Waals surface area contributed by atoms with Crippen molar-refractivity contribution in [2.24, 2.45) is 0 Å². The quantitative estimate of drug-likeness (QED) is 0.786. The monoisotopic (exact) mass is 303 g/mol. The van der Waals surface area contributed by atoms with Gasteiger partial charge in [-0.3, -0.25) is 9.59 Å². The molecule has 20 heavy (non-hydrogen) atoms. The molecule has 0 heterocycles. The van der Waals surface area contributed by atoms with Crippen molar-refractivity contribution in [1.29, 1.82) is 0 Å². The molecule has 0 aromatic heterocycles. The van der Waals surface area contributed by atoms with Gasteiger partial charge in [0.2, 0.25) is 5.91 Å². The average molecular weight is 303 g/mol. The van der Waals surface area contributed by atoms with Crippen molar-refractivity contribution in [3.8, 4) is 0 Å². The highest BCUT2D eigenvalue weighted by atomic mass is 32.2. The van der Waals surface area contributed by atoms with Crippen LogP contribution in [0.25, 0.3) is 0 Å². The van der Waals surface area contributed by atoms with E-state index in [-0.39, 0.29) is 18.9 Å². The van der Waals surface area contributed by atoms with Gasteiger partial charge in [0.05, 0.1) is 0 Å². The molecule has 1 aromatic carbocycles. The highest BCUT2D eigenvalue weighted by molar-refractivity contribution is 7.99. The third kappa shape index (κ3) is 5.16. The van der Waals surface area contributed by atoms with E-state index in [1.807, 2.05) is 0 Å². The molecule has 1 rings (SSSR count). The summed E-state index contributed by atoms with van der Waals surface area (Å²) < 4.78 is 25.7. The lowest BCUT2D eigenvalue weighted by Gasteiger charge is -2.18. The summed E-state index contributed by atoms with van der Waals surface area (Å²) >= 11 is 1.22. The predicted octanol–water partition coefficient (Wildman–Crippen LogP) is 2.38. The molecule has 0 aliphatic heterocycles. The topological polar surface area (TPSA) is 57.6 Å². The molecule has 4 nitrogen and oxygen atoms in total. The van der Waals surface area contributed by atoms with Crippen LogP contribution in [0.3, 0.4) is 0 Å². The van der Waals surface area contributed by atoms with Crippen LogP contribution >= 0.6 is 11.8 Å². The number of amides is 1. The molecule has 0 aliphatic rings. The molecule has 0 saturated carbocycles. The number of carbonyl (C=O) groups excluding carboxylic acids is 1. The van der Waals surface area contributed by atoms with Crippen molar-refractivity contribution >= 4 is 23.6 Å². The number of rotatable bonds is 7. The molecule has 0 fully saturated rings. The number of nitrogens with zero attached hydrogens (tertiary/aromatic N) is 1. The highest BCUT2D eigenvalue weighted by Gasteiger charge is 2.14. The van der Waals surface area contributed by atoms with Crippen LogP contribution in [0.2, 0.25) is 0 Å². The summed E-state index contributed by atoms with van der Waals surface area (Å²) in [6.45, 7) is 1.69. The van der Waals surface area contributed by atoms with E-state index in [2.05, 4.69) is 0 Å². The molecule has 0 saturated heterocycles. The Hall–Kier alpha value is -1.63. The Morgan fingerprint density at radius 3 is 2.55 bits per heavy atom. The average Bonchev–Trinajstić information content (AvgIpc) is 2.39. The van der Waals surface area contributed by atoms with Crippen LogP contribution in [0.4, 0.5) is 8.78 Å². The summed E-state index contributed by atoms with van der Waals surface area (Å²) in [7, 11) is 0. The Morgan fingerprint density at radius 2 is 2.00 bits per heavy atom. The van der Waals surface area contributed by atoms with Gasteiger partial charge < -0.3 is 10.0 Å². The number of thioether (sulfide) groups is 1. The maximum atomic E-state index is 13.0. The lowest BCUT2D eigenvalue weighted by Crippen LogP contribution is -2.35. The Kier molecular flexibility index (Phi) is 6.44. The summed E-state index contributed by atoms with van der Waals surface area (Å²) in [6, 6.07) is 3.53. The lowest BCUT2D eigenvalue weighted by atomic mass is 10.3. The zero-order valence-electron chi connectivity index (χ0n) is 10.9. The van der Waals surface area contributed by atoms with Gasteiger partial charge in [0.25, 0.3) is 0 Å². The van der Waals surface area contributed by atoms with Crippen LogP contribution in [0, 0.1) is 11.6 Å². The summed E-state index contributed by atoms with van der Waals surface area (Å²) in [5.41, 5.74) is 0. The first-order valence-electron chi connectivity index (χ1n) is 6.01. The van der Waals surface area contributed by atoms with Gasteiger partial charge in [-0.05, 0) is 25.1 Å². The van der Waals surface area contributed by atoms with Crippen molar-refractivity contribution in [3.63, 3.8) is 0 Å². The molecule has 0 atom stereocenters. The van der Waals surface area contributed by atoms with Crippen LogP contribution in [-0.2, 0) is 9.59 Å². The number of carbonyl (C=O) groups is 2. The molecule has 1 amide bonds. The number of carboxylic acid groups (broad SMARTS) is 1. The van der Waals surface area contributed by atoms with Gasteiger partial charge in [-0.15, -0.1) is 11.8 Å². The number of hydrogen-bond acceptors (Lipinski definition) is 3. The molecule has 0 aliphatic carbocycles. The first-order chi connectivity index (χ1) is 9.43. The molecule has 110 valence electrons. The second-order valence-corrected chi connectivity index (χ2v) is 5.14. The zero-order chi connectivity index (χ0) is 15.1. The van der Waals surface area contributed by atoms with E-state index in [1.165, 1.54) is 22.7 Å². The van der Waals surface area contributed by atoms with Gasteiger partial charge in [-0.1, -0.05) is 0 Å². The smallest absolute Gasteiger partial charge is 0.323 e. The van der Waals surface area contributed by atoms with Gasteiger partial charge in [0, 0.05) is 23.6 Å². The van der Waals surface area contributed by atoms with Crippen molar-refractivity contribution in [2.45, 2.75) is 18.2 Å². The number of halogens is 2.